The van der Waals surface area contributed by atoms with Gasteiger partial charge in [0.25, 0.3) is 0 Å². The number of hydrogen-bond donors (Lipinski definition) is 1. The third-order valence-corrected chi connectivity index (χ3v) is 4.70. The Hall–Kier alpha value is -2.61. The van der Waals surface area contributed by atoms with Crippen molar-refractivity contribution >= 4 is 29.5 Å². The number of aromatic amines is 1. The number of hydrogen-bond acceptors (Lipinski definition) is 6. The summed E-state index contributed by atoms with van der Waals surface area (Å²) < 4.78 is 23.5. The van der Waals surface area contributed by atoms with Crippen LogP contribution in [0.2, 0.25) is 0 Å². The maximum absolute atomic E-state index is 13.5. The van der Waals surface area contributed by atoms with Crippen LogP contribution in [-0.4, -0.2) is 41.7 Å². The van der Waals surface area contributed by atoms with Crippen molar-refractivity contribution in [2.45, 2.75) is 25.7 Å². The summed E-state index contributed by atoms with van der Waals surface area (Å²) in [6.07, 6.45) is 0. The van der Waals surface area contributed by atoms with Crippen molar-refractivity contribution < 1.29 is 28.2 Å². The van der Waals surface area contributed by atoms with Crippen LogP contribution >= 0.6 is 11.8 Å². The summed E-state index contributed by atoms with van der Waals surface area (Å²) in [6.45, 7) is 4.65. The number of thioether (sulfide) groups is 1. The molecule has 8 heteroatoms. The number of carbonyl (C=O) groups excluding carboxylic acids is 3. The number of esters is 2. The number of rotatable bonds is 8. The van der Waals surface area contributed by atoms with Gasteiger partial charge < -0.3 is 14.5 Å². The lowest BCUT2D eigenvalue weighted by Gasteiger charge is -2.07. The summed E-state index contributed by atoms with van der Waals surface area (Å²) in [5.41, 5.74) is 1.31. The van der Waals surface area contributed by atoms with Gasteiger partial charge in [0.15, 0.2) is 6.61 Å². The van der Waals surface area contributed by atoms with E-state index in [1.807, 2.05) is 0 Å². The van der Waals surface area contributed by atoms with E-state index in [1.165, 1.54) is 6.07 Å². The van der Waals surface area contributed by atoms with Crippen LogP contribution in [0, 0.1) is 19.7 Å². The maximum atomic E-state index is 13.5. The molecule has 1 aromatic heterocycles. The fourth-order valence-corrected chi connectivity index (χ4v) is 3.28. The number of nitrogens with one attached hydrogen (secondary N) is 1. The quantitative estimate of drug-likeness (QED) is 0.420. The Morgan fingerprint density at radius 2 is 1.74 bits per heavy atom. The number of halogens is 1. The third kappa shape index (κ3) is 5.19. The topological polar surface area (TPSA) is 85.5 Å². The molecule has 6 nitrogen and oxygen atoms in total. The van der Waals surface area contributed by atoms with E-state index in [9.17, 15) is 18.8 Å². The summed E-state index contributed by atoms with van der Waals surface area (Å²) in [6, 6.07) is 6.06. The highest BCUT2D eigenvalue weighted by Gasteiger charge is 2.26. The monoisotopic (exact) mass is 393 g/mol. The number of ketones is 1. The molecular weight excluding hydrogens is 373 g/mol. The minimum atomic E-state index is -0.654. The van der Waals surface area contributed by atoms with Crippen molar-refractivity contribution in [3.63, 3.8) is 0 Å². The minimum Gasteiger partial charge on any atom is -0.462 e. The smallest absolute Gasteiger partial charge is 0.340 e. The lowest BCUT2D eigenvalue weighted by Crippen LogP contribution is -2.19. The highest BCUT2D eigenvalue weighted by atomic mass is 32.2. The first-order valence-corrected chi connectivity index (χ1v) is 9.26. The Morgan fingerprint density at radius 1 is 1.07 bits per heavy atom. The summed E-state index contributed by atoms with van der Waals surface area (Å²) in [7, 11) is 0. The molecule has 0 aliphatic carbocycles. The van der Waals surface area contributed by atoms with Crippen LogP contribution in [0.1, 0.15) is 39.0 Å². The standard InChI is InChI=1S/C19H20FNO5S/c1-4-25-19(24)18-12(3)21-11(2)17(18)14(22)9-26-16(23)10-27-15-8-6-5-7-13(15)20/h5-8,21H,4,9-10H2,1-3H3. The Morgan fingerprint density at radius 3 is 2.41 bits per heavy atom. The van der Waals surface area contributed by atoms with Crippen molar-refractivity contribution in [2.75, 3.05) is 19.0 Å². The van der Waals surface area contributed by atoms with Crippen molar-refractivity contribution in [3.05, 3.63) is 52.6 Å². The van der Waals surface area contributed by atoms with Gasteiger partial charge in [-0.15, -0.1) is 11.8 Å². The van der Waals surface area contributed by atoms with Crippen LogP contribution in [-0.2, 0) is 14.3 Å². The molecule has 0 unspecified atom stereocenters. The molecule has 1 aromatic carbocycles. The fourth-order valence-electron chi connectivity index (χ4n) is 2.55. The zero-order chi connectivity index (χ0) is 20.0. The van der Waals surface area contributed by atoms with E-state index in [4.69, 9.17) is 9.47 Å². The van der Waals surface area contributed by atoms with Gasteiger partial charge in [-0.3, -0.25) is 9.59 Å². The van der Waals surface area contributed by atoms with Gasteiger partial charge >= 0.3 is 11.9 Å². The Bertz CT molecular complexity index is 862. The van der Waals surface area contributed by atoms with E-state index in [1.54, 1.807) is 39.0 Å². The van der Waals surface area contributed by atoms with Crippen LogP contribution in [0.5, 0.6) is 0 Å². The second kappa shape index (κ2) is 9.36. The molecule has 0 fully saturated rings. The number of aromatic nitrogens is 1. The molecule has 0 saturated carbocycles. The average Bonchev–Trinajstić information content (AvgIpc) is 2.93. The zero-order valence-electron chi connectivity index (χ0n) is 15.3. The van der Waals surface area contributed by atoms with Crippen LogP contribution in [0.15, 0.2) is 29.2 Å². The fraction of sp³-hybridized carbons (Fsp3) is 0.316. The molecule has 144 valence electrons. The lowest BCUT2D eigenvalue weighted by molar-refractivity contribution is -0.139. The van der Waals surface area contributed by atoms with E-state index in [-0.39, 0.29) is 23.5 Å². The number of Topliss-reactive ketones (excluding diaryl/α,β-unsaturated/α-hetero) is 1. The van der Waals surface area contributed by atoms with Gasteiger partial charge in [0, 0.05) is 16.3 Å². The molecule has 0 atom stereocenters. The van der Waals surface area contributed by atoms with E-state index >= 15 is 0 Å². The second-order valence-electron chi connectivity index (χ2n) is 5.65. The zero-order valence-corrected chi connectivity index (χ0v) is 16.1. The molecule has 27 heavy (non-hydrogen) atoms. The highest BCUT2D eigenvalue weighted by molar-refractivity contribution is 8.00. The van der Waals surface area contributed by atoms with Crippen molar-refractivity contribution in [1.29, 1.82) is 0 Å². The van der Waals surface area contributed by atoms with Crippen LogP contribution in [0.3, 0.4) is 0 Å². The average molecular weight is 393 g/mol. The largest absolute Gasteiger partial charge is 0.462 e. The molecule has 0 spiro atoms. The minimum absolute atomic E-state index is 0.135. The number of H-pyrrole nitrogens is 1. The molecule has 1 N–H and O–H groups in total. The maximum Gasteiger partial charge on any atom is 0.340 e. The predicted octanol–water partition coefficient (Wildman–Crippen LogP) is 3.47. The Kier molecular flexibility index (Phi) is 7.18. The third-order valence-electron chi connectivity index (χ3n) is 3.68. The van der Waals surface area contributed by atoms with Crippen molar-refractivity contribution in [2.24, 2.45) is 0 Å². The van der Waals surface area contributed by atoms with E-state index in [0.29, 0.717) is 16.3 Å². The van der Waals surface area contributed by atoms with Crippen LogP contribution in [0.25, 0.3) is 0 Å². The number of benzene rings is 1. The highest BCUT2D eigenvalue weighted by Crippen LogP contribution is 2.22. The van der Waals surface area contributed by atoms with Gasteiger partial charge in [-0.05, 0) is 32.9 Å². The first kappa shape index (κ1) is 20.7. The van der Waals surface area contributed by atoms with Gasteiger partial charge in [-0.1, -0.05) is 12.1 Å². The predicted molar refractivity (Wildman–Crippen MR) is 98.6 cm³/mol. The van der Waals surface area contributed by atoms with Gasteiger partial charge in [0.2, 0.25) is 5.78 Å². The number of carbonyl (C=O) groups is 3. The molecule has 0 radical (unpaired) electrons. The van der Waals surface area contributed by atoms with E-state index in [2.05, 4.69) is 4.98 Å². The van der Waals surface area contributed by atoms with Crippen LogP contribution in [0.4, 0.5) is 4.39 Å². The van der Waals surface area contributed by atoms with Gasteiger partial charge in [-0.2, -0.15) is 0 Å². The normalized spacial score (nSPS) is 10.5. The summed E-state index contributed by atoms with van der Waals surface area (Å²) in [4.78, 5) is 39.7. The molecule has 1 heterocycles. The van der Waals surface area contributed by atoms with Gasteiger partial charge in [0.1, 0.15) is 5.82 Å². The summed E-state index contributed by atoms with van der Waals surface area (Å²) in [5.74, 6) is -2.33. The Balaban J connectivity index is 1.98. The molecule has 0 saturated heterocycles. The molecule has 2 rings (SSSR count). The first-order valence-electron chi connectivity index (χ1n) is 8.27. The number of aryl methyl sites for hydroxylation is 2. The first-order chi connectivity index (χ1) is 12.8. The second-order valence-corrected chi connectivity index (χ2v) is 6.67. The molecule has 2 aromatic rings. The molecule has 0 bridgehead atoms. The van der Waals surface area contributed by atoms with Gasteiger partial charge in [-0.25, -0.2) is 9.18 Å². The van der Waals surface area contributed by atoms with Crippen molar-refractivity contribution in [3.8, 4) is 0 Å². The van der Waals surface area contributed by atoms with Crippen molar-refractivity contribution in [1.82, 2.24) is 4.98 Å². The number of ether oxygens (including phenoxy) is 2. The molecule has 0 aliphatic rings. The molecular formula is C19H20FNO5S. The summed E-state index contributed by atoms with van der Waals surface area (Å²) in [5, 5.41) is 0. The molecule has 0 aliphatic heterocycles. The van der Waals surface area contributed by atoms with Crippen LogP contribution < -0.4 is 0 Å². The van der Waals surface area contributed by atoms with E-state index < -0.39 is 30.1 Å². The lowest BCUT2D eigenvalue weighted by atomic mass is 10.1. The summed E-state index contributed by atoms with van der Waals surface area (Å²) >= 11 is 0.983. The SMILES string of the molecule is CCOC(=O)c1c(C)[nH]c(C)c1C(=O)COC(=O)CSc1ccccc1F. The van der Waals surface area contributed by atoms with E-state index in [0.717, 1.165) is 11.8 Å². The van der Waals surface area contributed by atoms with Gasteiger partial charge in [0.05, 0.1) is 23.5 Å². The Labute approximate surface area is 160 Å². The molecule has 0 amide bonds.